The fourth-order valence-electron chi connectivity index (χ4n) is 10.0. The number of benzene rings is 11. The summed E-state index contributed by atoms with van der Waals surface area (Å²) in [6.07, 6.45) is 0. The van der Waals surface area contributed by atoms with Crippen molar-refractivity contribution in [2.45, 2.75) is 13.8 Å². The van der Waals surface area contributed by atoms with Crippen LogP contribution in [0.4, 0.5) is 34.1 Å². The molecule has 11 aromatic carbocycles. The summed E-state index contributed by atoms with van der Waals surface area (Å²) in [5.41, 5.74) is 11.3. The predicted molar refractivity (Wildman–Crippen MR) is 294 cm³/mol. The highest BCUT2D eigenvalue weighted by Gasteiger charge is 2.23. The van der Waals surface area contributed by atoms with E-state index in [4.69, 9.17) is 31.4 Å². The summed E-state index contributed by atoms with van der Waals surface area (Å²) >= 11 is 0. The summed E-state index contributed by atoms with van der Waals surface area (Å²) in [4.78, 5) is 4.41. The third-order valence-electron chi connectivity index (χ3n) is 13.7. The first-order chi connectivity index (χ1) is 33.9. The molecule has 0 aromatic heterocycles. The first kappa shape index (κ1) is 44.1. The van der Waals surface area contributed by atoms with Gasteiger partial charge in [-0.1, -0.05) is 132 Å². The number of para-hydroxylation sites is 2. The molecule has 0 saturated heterocycles. The van der Waals surface area contributed by atoms with Crippen LogP contribution in [-0.4, -0.2) is 51.8 Å². The van der Waals surface area contributed by atoms with E-state index in [0.717, 1.165) is 77.7 Å². The van der Waals surface area contributed by atoms with Gasteiger partial charge < -0.3 is 30.2 Å². The lowest BCUT2D eigenvalue weighted by molar-refractivity contribution is 0.403. The molecule has 0 unspecified atom stereocenters. The van der Waals surface area contributed by atoms with Gasteiger partial charge in [-0.15, -0.1) is 0 Å². The highest BCUT2D eigenvalue weighted by Crippen LogP contribution is 2.47. The molecule has 0 spiro atoms. The second kappa shape index (κ2) is 17.2. The molecule has 0 amide bonds. The van der Waals surface area contributed by atoms with Crippen LogP contribution in [0.15, 0.2) is 182 Å². The van der Waals surface area contributed by atoms with Crippen LogP contribution < -0.4 is 31.7 Å². The summed E-state index contributed by atoms with van der Waals surface area (Å²) in [6, 6.07) is 62.1. The van der Waals surface area contributed by atoms with Crippen molar-refractivity contribution in [1.29, 1.82) is 0 Å². The van der Waals surface area contributed by atoms with Gasteiger partial charge in [0.1, 0.15) is 42.9 Å². The number of nitrogens with zero attached hydrogens (tertiary/aromatic N) is 2. The summed E-state index contributed by atoms with van der Waals surface area (Å²) in [5.74, 6) is -1.17. The molecule has 10 heteroatoms. The molecule has 0 aliphatic rings. The van der Waals surface area contributed by atoms with Gasteiger partial charge in [0.25, 0.3) is 0 Å². The largest absolute Gasteiger partial charge is 0.509 e. The highest BCUT2D eigenvalue weighted by atomic mass is 16.3. The average molecular weight is 896 g/mol. The minimum absolute atomic E-state index is 0.0434. The topological polar surface area (TPSA) is 87.4 Å². The lowest BCUT2D eigenvalue weighted by Crippen LogP contribution is -2.32. The lowest BCUT2D eigenvalue weighted by Gasteiger charge is -2.28. The van der Waals surface area contributed by atoms with Gasteiger partial charge in [0.15, 0.2) is 11.5 Å². The molecule has 0 heterocycles. The van der Waals surface area contributed by atoms with Crippen molar-refractivity contribution in [3.8, 4) is 56.4 Å². The summed E-state index contributed by atoms with van der Waals surface area (Å²) in [5, 5.41) is 49.7. The number of phenols is 4. The maximum atomic E-state index is 11.0. The molecular weight excluding hydrogens is 856 g/mol. The van der Waals surface area contributed by atoms with E-state index in [9.17, 15) is 20.4 Å². The number of aromatic hydroxyl groups is 4. The molecule has 6 nitrogen and oxygen atoms in total. The van der Waals surface area contributed by atoms with E-state index in [2.05, 4.69) is 107 Å². The highest BCUT2D eigenvalue weighted by molar-refractivity contribution is 6.55. The van der Waals surface area contributed by atoms with Gasteiger partial charge in [-0.3, -0.25) is 0 Å². The van der Waals surface area contributed by atoms with E-state index in [0.29, 0.717) is 27.7 Å². The second-order valence-corrected chi connectivity index (χ2v) is 17.7. The van der Waals surface area contributed by atoms with Crippen LogP contribution in [0.3, 0.4) is 0 Å². The summed E-state index contributed by atoms with van der Waals surface area (Å²) < 4.78 is 0. The fourth-order valence-corrected chi connectivity index (χ4v) is 10.0. The van der Waals surface area contributed by atoms with Crippen LogP contribution in [0.1, 0.15) is 11.1 Å². The van der Waals surface area contributed by atoms with Gasteiger partial charge in [0, 0.05) is 45.0 Å². The number of rotatable bonds is 9. The normalized spacial score (nSPS) is 11.5. The molecule has 0 bridgehead atoms. The molecule has 70 heavy (non-hydrogen) atoms. The van der Waals surface area contributed by atoms with Crippen molar-refractivity contribution >= 4 is 120 Å². The first-order valence-corrected chi connectivity index (χ1v) is 22.8. The Morgan fingerprint density at radius 1 is 0.329 bits per heavy atom. The Balaban J connectivity index is 0.988. The Kier molecular flexibility index (Phi) is 10.8. The number of phenolic OH excluding ortho intramolecular Hbond substituents is 4. The SMILES string of the molecule is [B]c1c(C)c(O)c(O)c(-c2ccc(N(c3ccccc3)c3ccc(-c4ccc5ccc6c(N(c7ccccc7)c7ccc(-c8c([B])c([B])c(O)c([B])c8O)cc7)ccc7ccc4c5c76)cc3)cc2)c1C. The van der Waals surface area contributed by atoms with Crippen LogP contribution in [0.2, 0.25) is 0 Å². The van der Waals surface area contributed by atoms with E-state index in [1.165, 1.54) is 5.39 Å². The van der Waals surface area contributed by atoms with Crippen molar-refractivity contribution in [3.63, 3.8) is 0 Å². The Morgan fingerprint density at radius 3 is 1.37 bits per heavy atom. The smallest absolute Gasteiger partial charge is 0.165 e. The van der Waals surface area contributed by atoms with E-state index >= 15 is 0 Å². The standard InChI is InChI=1S/C60H40B4N2O4/c1-33-49(59(69)57(67)34(2)53(33)61)36-15-25-43(26-16-36)65(40-9-5-3-6-10-40)42-23-13-35(14-24-42)45-29-19-37-21-31-47-48(32-22-38-20-30-46(45)50(37)51(38)47)66(41-11-7-4-8-12-41)44-27-17-39(18-28-44)52-54(62)55(63)60(70)56(64)58(52)68/h3-32,67-70H,1-2H3. The van der Waals surface area contributed by atoms with Crippen molar-refractivity contribution in [2.24, 2.45) is 0 Å². The zero-order valence-electron chi connectivity index (χ0n) is 38.3. The monoisotopic (exact) mass is 896 g/mol. The van der Waals surface area contributed by atoms with Crippen molar-refractivity contribution in [2.75, 3.05) is 9.80 Å². The summed E-state index contributed by atoms with van der Waals surface area (Å²) in [6.45, 7) is 3.55. The van der Waals surface area contributed by atoms with Crippen molar-refractivity contribution in [1.82, 2.24) is 0 Å². The molecule has 0 aliphatic carbocycles. The number of hydrogen-bond acceptors (Lipinski definition) is 6. The van der Waals surface area contributed by atoms with Crippen LogP contribution in [0.5, 0.6) is 23.0 Å². The zero-order chi connectivity index (χ0) is 48.5. The third kappa shape index (κ3) is 7.09. The number of hydrogen-bond donors (Lipinski definition) is 4. The van der Waals surface area contributed by atoms with Gasteiger partial charge >= 0.3 is 0 Å². The van der Waals surface area contributed by atoms with Crippen LogP contribution >= 0.6 is 0 Å². The molecular formula is C60H40B4N2O4. The molecule has 326 valence electrons. The molecule has 0 atom stereocenters. The minimum Gasteiger partial charge on any atom is -0.509 e. The molecule has 11 aromatic rings. The molecule has 0 saturated carbocycles. The van der Waals surface area contributed by atoms with Crippen molar-refractivity contribution in [3.05, 3.63) is 193 Å². The van der Waals surface area contributed by atoms with Crippen LogP contribution in [0, 0.1) is 13.8 Å². The molecule has 11 rings (SSSR count). The second-order valence-electron chi connectivity index (χ2n) is 17.7. The van der Waals surface area contributed by atoms with Gasteiger partial charge in [-0.2, -0.15) is 0 Å². The molecule has 8 radical (unpaired) electrons. The number of anilines is 6. The summed E-state index contributed by atoms with van der Waals surface area (Å²) in [7, 11) is 24.7. The first-order valence-electron chi connectivity index (χ1n) is 22.8. The Bertz CT molecular complexity index is 3750. The van der Waals surface area contributed by atoms with Crippen LogP contribution in [0.25, 0.3) is 65.7 Å². The van der Waals surface area contributed by atoms with Gasteiger partial charge in [0.05, 0.1) is 5.69 Å². The molecule has 0 fully saturated rings. The van der Waals surface area contributed by atoms with Crippen LogP contribution in [-0.2, 0) is 0 Å². The predicted octanol–water partition coefficient (Wildman–Crippen LogP) is 11.1. The lowest BCUT2D eigenvalue weighted by atomic mass is 9.71. The van der Waals surface area contributed by atoms with E-state index < -0.39 is 5.75 Å². The molecule has 4 N–H and O–H groups in total. The van der Waals surface area contributed by atoms with Crippen molar-refractivity contribution < 1.29 is 20.4 Å². The Morgan fingerprint density at radius 2 is 0.786 bits per heavy atom. The van der Waals surface area contributed by atoms with E-state index in [-0.39, 0.29) is 39.2 Å². The zero-order valence-corrected chi connectivity index (χ0v) is 38.3. The maximum absolute atomic E-state index is 11.0. The minimum atomic E-state index is -0.442. The third-order valence-corrected chi connectivity index (χ3v) is 13.7. The molecule has 0 aliphatic heterocycles. The average Bonchev–Trinajstić information content (AvgIpc) is 3.40. The fraction of sp³-hybridized carbons (Fsp3) is 0.0333. The van der Waals surface area contributed by atoms with E-state index in [1.807, 2.05) is 91.9 Å². The van der Waals surface area contributed by atoms with E-state index in [1.54, 1.807) is 6.92 Å². The Hall–Kier alpha value is -8.48. The van der Waals surface area contributed by atoms with Gasteiger partial charge in [-0.05, 0) is 146 Å². The van der Waals surface area contributed by atoms with Gasteiger partial charge in [0.2, 0.25) is 0 Å². The Labute approximate surface area is 411 Å². The maximum Gasteiger partial charge on any atom is 0.165 e. The van der Waals surface area contributed by atoms with Gasteiger partial charge in [-0.25, -0.2) is 0 Å². The quantitative estimate of drug-likeness (QED) is 0.0656.